The van der Waals surface area contributed by atoms with Crippen LogP contribution < -0.4 is 5.32 Å². The molecule has 1 amide bonds. The average Bonchev–Trinajstić information content (AvgIpc) is 2.27. The number of pyridine rings is 1. The fourth-order valence-electron chi connectivity index (χ4n) is 1.78. The SMILES string of the molecule is CC(C)c1ccc(C(=O)N[C@H](C)CN(C)C)cn1. The van der Waals surface area contributed by atoms with Crippen LogP contribution in [-0.4, -0.2) is 42.5 Å². The van der Waals surface area contributed by atoms with Crippen molar-refractivity contribution in [3.8, 4) is 0 Å². The molecule has 0 radical (unpaired) electrons. The predicted octanol–water partition coefficient (Wildman–Crippen LogP) is 1.88. The molecule has 1 aromatic heterocycles. The van der Waals surface area contributed by atoms with E-state index in [4.69, 9.17) is 0 Å². The molecule has 1 rings (SSSR count). The van der Waals surface area contributed by atoms with Crippen LogP contribution >= 0.6 is 0 Å². The molecule has 1 N–H and O–H groups in total. The largest absolute Gasteiger partial charge is 0.348 e. The van der Waals surface area contributed by atoms with E-state index in [0.29, 0.717) is 11.5 Å². The first-order chi connectivity index (χ1) is 8.40. The summed E-state index contributed by atoms with van der Waals surface area (Å²) in [6.45, 7) is 6.99. The Morgan fingerprint density at radius 1 is 1.33 bits per heavy atom. The number of nitrogens with zero attached hydrogens (tertiary/aromatic N) is 2. The van der Waals surface area contributed by atoms with Crippen LogP contribution in [0.4, 0.5) is 0 Å². The molecule has 0 aliphatic heterocycles. The smallest absolute Gasteiger partial charge is 0.253 e. The van der Waals surface area contributed by atoms with Gasteiger partial charge in [-0.15, -0.1) is 0 Å². The van der Waals surface area contributed by atoms with Gasteiger partial charge in [-0.25, -0.2) is 0 Å². The number of amides is 1. The third-order valence-corrected chi connectivity index (χ3v) is 2.66. The summed E-state index contributed by atoms with van der Waals surface area (Å²) < 4.78 is 0. The normalized spacial score (nSPS) is 12.8. The van der Waals surface area contributed by atoms with Gasteiger partial charge < -0.3 is 10.2 Å². The lowest BCUT2D eigenvalue weighted by molar-refractivity contribution is 0.0934. The van der Waals surface area contributed by atoms with Crippen LogP contribution in [0.3, 0.4) is 0 Å². The lowest BCUT2D eigenvalue weighted by Crippen LogP contribution is -2.39. The minimum atomic E-state index is -0.0628. The summed E-state index contributed by atoms with van der Waals surface area (Å²) in [5, 5.41) is 2.96. The number of carbonyl (C=O) groups is 1. The third kappa shape index (κ3) is 4.45. The van der Waals surface area contributed by atoms with Crippen molar-refractivity contribution in [3.05, 3.63) is 29.6 Å². The van der Waals surface area contributed by atoms with Gasteiger partial charge in [-0.2, -0.15) is 0 Å². The quantitative estimate of drug-likeness (QED) is 0.866. The van der Waals surface area contributed by atoms with Gasteiger partial charge in [0.1, 0.15) is 0 Å². The van der Waals surface area contributed by atoms with Gasteiger partial charge in [-0.05, 0) is 39.1 Å². The first-order valence-corrected chi connectivity index (χ1v) is 6.31. The fourth-order valence-corrected chi connectivity index (χ4v) is 1.78. The summed E-state index contributed by atoms with van der Waals surface area (Å²) in [6, 6.07) is 3.87. The van der Waals surface area contributed by atoms with Crippen molar-refractivity contribution >= 4 is 5.91 Å². The summed E-state index contributed by atoms with van der Waals surface area (Å²) in [5.74, 6) is 0.321. The van der Waals surface area contributed by atoms with Crippen molar-refractivity contribution in [2.75, 3.05) is 20.6 Å². The Kier molecular flexibility index (Phi) is 5.28. The Balaban J connectivity index is 2.61. The topological polar surface area (TPSA) is 45.2 Å². The van der Waals surface area contributed by atoms with E-state index in [1.54, 1.807) is 6.20 Å². The summed E-state index contributed by atoms with van der Waals surface area (Å²) in [5.41, 5.74) is 1.62. The Morgan fingerprint density at radius 3 is 2.44 bits per heavy atom. The number of nitrogens with one attached hydrogen (secondary N) is 1. The van der Waals surface area contributed by atoms with E-state index in [-0.39, 0.29) is 11.9 Å². The molecule has 4 nitrogen and oxygen atoms in total. The highest BCUT2D eigenvalue weighted by molar-refractivity contribution is 5.94. The molecule has 0 spiro atoms. The highest BCUT2D eigenvalue weighted by Gasteiger charge is 2.11. The van der Waals surface area contributed by atoms with E-state index in [1.165, 1.54) is 0 Å². The van der Waals surface area contributed by atoms with Gasteiger partial charge in [0, 0.05) is 24.5 Å². The highest BCUT2D eigenvalue weighted by atomic mass is 16.1. The molecule has 100 valence electrons. The van der Waals surface area contributed by atoms with Gasteiger partial charge in [0.05, 0.1) is 5.56 Å². The minimum Gasteiger partial charge on any atom is -0.348 e. The zero-order valence-corrected chi connectivity index (χ0v) is 11.9. The lowest BCUT2D eigenvalue weighted by atomic mass is 10.1. The Labute approximate surface area is 109 Å². The van der Waals surface area contributed by atoms with Crippen molar-refractivity contribution in [1.82, 2.24) is 15.2 Å². The molecular formula is C14H23N3O. The highest BCUT2D eigenvalue weighted by Crippen LogP contribution is 2.11. The van der Waals surface area contributed by atoms with Crippen LogP contribution in [0.25, 0.3) is 0 Å². The van der Waals surface area contributed by atoms with Crippen molar-refractivity contribution in [3.63, 3.8) is 0 Å². The van der Waals surface area contributed by atoms with Crippen LogP contribution in [0, 0.1) is 0 Å². The van der Waals surface area contributed by atoms with E-state index in [0.717, 1.165) is 12.2 Å². The molecule has 1 atom stereocenters. The molecule has 18 heavy (non-hydrogen) atoms. The maximum Gasteiger partial charge on any atom is 0.253 e. The van der Waals surface area contributed by atoms with Crippen molar-refractivity contribution in [2.24, 2.45) is 0 Å². The maximum atomic E-state index is 11.9. The number of aromatic nitrogens is 1. The molecule has 0 fully saturated rings. The Bertz CT molecular complexity index is 385. The Morgan fingerprint density at radius 2 is 2.00 bits per heavy atom. The monoisotopic (exact) mass is 249 g/mol. The minimum absolute atomic E-state index is 0.0628. The molecule has 1 aromatic rings. The number of hydrogen-bond acceptors (Lipinski definition) is 3. The molecule has 0 aliphatic rings. The van der Waals surface area contributed by atoms with Crippen LogP contribution in [0.2, 0.25) is 0 Å². The molecule has 4 heteroatoms. The zero-order chi connectivity index (χ0) is 13.7. The molecule has 0 aromatic carbocycles. The van der Waals surface area contributed by atoms with Gasteiger partial charge in [-0.1, -0.05) is 13.8 Å². The molecule has 1 heterocycles. The van der Waals surface area contributed by atoms with Crippen molar-refractivity contribution < 1.29 is 4.79 Å². The number of hydrogen-bond donors (Lipinski definition) is 1. The zero-order valence-electron chi connectivity index (χ0n) is 11.9. The average molecular weight is 249 g/mol. The van der Waals surface area contributed by atoms with Crippen LogP contribution in [0.15, 0.2) is 18.3 Å². The first-order valence-electron chi connectivity index (χ1n) is 6.31. The molecule has 0 saturated carbocycles. The summed E-state index contributed by atoms with van der Waals surface area (Å²) in [6.07, 6.45) is 1.65. The van der Waals surface area contributed by atoms with Gasteiger partial charge in [-0.3, -0.25) is 9.78 Å². The second kappa shape index (κ2) is 6.50. The van der Waals surface area contributed by atoms with Gasteiger partial charge in [0.15, 0.2) is 0 Å². The van der Waals surface area contributed by atoms with Crippen LogP contribution in [0.1, 0.15) is 42.7 Å². The summed E-state index contributed by atoms with van der Waals surface area (Å²) in [7, 11) is 3.98. The second-order valence-electron chi connectivity index (χ2n) is 5.26. The van der Waals surface area contributed by atoms with Gasteiger partial charge >= 0.3 is 0 Å². The third-order valence-electron chi connectivity index (χ3n) is 2.66. The molecule has 0 bridgehead atoms. The molecule has 0 aliphatic carbocycles. The van der Waals surface area contributed by atoms with Crippen LogP contribution in [0.5, 0.6) is 0 Å². The first kappa shape index (κ1) is 14.6. The fraction of sp³-hybridized carbons (Fsp3) is 0.571. The van der Waals surface area contributed by atoms with E-state index >= 15 is 0 Å². The van der Waals surface area contributed by atoms with Gasteiger partial charge in [0.25, 0.3) is 5.91 Å². The maximum absolute atomic E-state index is 11.9. The standard InChI is InChI=1S/C14H23N3O/c1-10(2)13-7-6-12(8-15-13)14(18)16-11(3)9-17(4)5/h6-8,10-11H,9H2,1-5H3,(H,16,18)/t11-/m1/s1. The number of likely N-dealkylation sites (N-methyl/N-ethyl adjacent to an activating group) is 1. The number of rotatable bonds is 5. The molecule has 0 saturated heterocycles. The van der Waals surface area contributed by atoms with Crippen molar-refractivity contribution in [1.29, 1.82) is 0 Å². The lowest BCUT2D eigenvalue weighted by Gasteiger charge is -2.18. The summed E-state index contributed by atoms with van der Waals surface area (Å²) in [4.78, 5) is 18.3. The predicted molar refractivity (Wildman–Crippen MR) is 73.8 cm³/mol. The number of carbonyl (C=O) groups excluding carboxylic acids is 1. The van der Waals surface area contributed by atoms with E-state index < -0.39 is 0 Å². The van der Waals surface area contributed by atoms with E-state index in [2.05, 4.69) is 24.1 Å². The van der Waals surface area contributed by atoms with Crippen molar-refractivity contribution in [2.45, 2.75) is 32.7 Å². The Hall–Kier alpha value is -1.42. The summed E-state index contributed by atoms with van der Waals surface area (Å²) >= 11 is 0. The van der Waals surface area contributed by atoms with E-state index in [9.17, 15) is 4.79 Å². The van der Waals surface area contributed by atoms with E-state index in [1.807, 2.05) is 38.1 Å². The molecule has 0 unspecified atom stereocenters. The van der Waals surface area contributed by atoms with Crippen LogP contribution in [-0.2, 0) is 0 Å². The molecular weight excluding hydrogens is 226 g/mol. The second-order valence-corrected chi connectivity index (χ2v) is 5.26. The van der Waals surface area contributed by atoms with Gasteiger partial charge in [0.2, 0.25) is 0 Å².